The number of allylic oxidation sites excluding steroid dienone is 4. The maximum absolute atomic E-state index is 6.69. The first-order valence-corrected chi connectivity index (χ1v) is 12.5. The second-order valence-electron chi connectivity index (χ2n) is 7.70. The van der Waals surface area contributed by atoms with Crippen LogP contribution in [0.1, 0.15) is 57.1 Å². The van der Waals surface area contributed by atoms with E-state index >= 15 is 0 Å². The zero-order valence-corrected chi connectivity index (χ0v) is 17.9. The number of rotatable bonds is 5. The van der Waals surface area contributed by atoms with Crippen LogP contribution in [0.5, 0.6) is 0 Å². The topological polar surface area (TPSA) is 0 Å². The Morgan fingerprint density at radius 2 is 1.31 bits per heavy atom. The van der Waals surface area contributed by atoms with E-state index in [0.29, 0.717) is 17.5 Å². The Labute approximate surface area is 164 Å². The van der Waals surface area contributed by atoms with Gasteiger partial charge in [0, 0.05) is 11.7 Å². The smallest absolute Gasteiger partial charge is 0.0180 e. The highest BCUT2D eigenvalue weighted by Gasteiger charge is 2.34. The van der Waals surface area contributed by atoms with Crippen molar-refractivity contribution < 1.29 is 0 Å². The van der Waals surface area contributed by atoms with Crippen molar-refractivity contribution >= 4 is 28.5 Å². The maximum Gasteiger partial charge on any atom is 0.0180 e. The van der Waals surface area contributed by atoms with Crippen LogP contribution in [0.3, 0.4) is 0 Å². The third-order valence-corrected chi connectivity index (χ3v) is 10.8. The molecule has 0 N–H and O–H groups in total. The third-order valence-electron chi connectivity index (χ3n) is 5.26. The van der Waals surface area contributed by atoms with Gasteiger partial charge in [0.1, 0.15) is 0 Å². The van der Waals surface area contributed by atoms with Crippen LogP contribution in [0, 0.1) is 0 Å². The zero-order chi connectivity index (χ0) is 18.7. The van der Waals surface area contributed by atoms with E-state index in [2.05, 4.69) is 101 Å². The van der Waals surface area contributed by atoms with Crippen molar-refractivity contribution in [3.05, 3.63) is 84.0 Å². The first-order valence-electron chi connectivity index (χ1n) is 9.58. The molecule has 0 heterocycles. The van der Waals surface area contributed by atoms with Crippen LogP contribution in [-0.4, -0.2) is 5.66 Å². The molecule has 0 saturated heterocycles. The summed E-state index contributed by atoms with van der Waals surface area (Å²) < 4.78 is 0. The standard InChI is InChI=1S/C24H29PS/c1-18(2)21-14-8-10-16-23(21)25(26,20-12-6-5-7-13-20)24-17-11-9-15-22(24)19(3)4/h5-12,14-20H,13H2,1-4H3/t20-/m0/s1. The lowest BCUT2D eigenvalue weighted by Gasteiger charge is -2.35. The minimum atomic E-state index is -1.99. The number of hydrogen-bond acceptors (Lipinski definition) is 1. The lowest BCUT2D eigenvalue weighted by Crippen LogP contribution is -2.30. The van der Waals surface area contributed by atoms with Gasteiger partial charge in [-0.2, -0.15) is 0 Å². The molecule has 0 aromatic heterocycles. The number of benzene rings is 2. The van der Waals surface area contributed by atoms with E-state index in [-0.39, 0.29) is 0 Å². The van der Waals surface area contributed by atoms with E-state index in [9.17, 15) is 0 Å². The second kappa shape index (κ2) is 8.07. The molecule has 0 saturated carbocycles. The molecule has 2 aromatic carbocycles. The summed E-state index contributed by atoms with van der Waals surface area (Å²) in [5, 5.41) is 2.81. The van der Waals surface area contributed by atoms with Crippen LogP contribution in [0.25, 0.3) is 0 Å². The minimum absolute atomic E-state index is 0.391. The van der Waals surface area contributed by atoms with Crippen molar-refractivity contribution in [1.29, 1.82) is 0 Å². The first kappa shape index (κ1) is 19.3. The molecule has 0 aliphatic heterocycles. The maximum atomic E-state index is 6.69. The Balaban J connectivity index is 2.31. The van der Waals surface area contributed by atoms with Crippen molar-refractivity contribution in [3.8, 4) is 0 Å². The van der Waals surface area contributed by atoms with Crippen LogP contribution in [0.2, 0.25) is 0 Å². The Morgan fingerprint density at radius 1 is 0.808 bits per heavy atom. The van der Waals surface area contributed by atoms with Gasteiger partial charge in [-0.25, -0.2) is 0 Å². The average Bonchev–Trinajstić information content (AvgIpc) is 2.68. The number of hydrogen-bond donors (Lipinski definition) is 0. The van der Waals surface area contributed by atoms with Gasteiger partial charge in [-0.05, 0) is 40.0 Å². The molecular weight excluding hydrogens is 351 g/mol. The molecule has 0 fully saturated rings. The van der Waals surface area contributed by atoms with Gasteiger partial charge in [0.2, 0.25) is 0 Å². The van der Waals surface area contributed by atoms with Crippen LogP contribution in [-0.2, 0) is 11.8 Å². The summed E-state index contributed by atoms with van der Waals surface area (Å²) in [6, 6.07) is 15.8. The molecule has 1 aliphatic carbocycles. The van der Waals surface area contributed by atoms with Gasteiger partial charge in [0.15, 0.2) is 0 Å². The van der Waals surface area contributed by atoms with Gasteiger partial charge < -0.3 is 0 Å². The summed E-state index contributed by atoms with van der Waals surface area (Å²) in [6.45, 7) is 9.12. The predicted molar refractivity (Wildman–Crippen MR) is 121 cm³/mol. The zero-order valence-electron chi connectivity index (χ0n) is 16.2. The molecule has 0 radical (unpaired) electrons. The Morgan fingerprint density at radius 3 is 1.73 bits per heavy atom. The normalized spacial score (nSPS) is 17.2. The van der Waals surface area contributed by atoms with Gasteiger partial charge in [-0.1, -0.05) is 112 Å². The molecule has 1 aliphatic rings. The minimum Gasteiger partial charge on any atom is -0.0870 e. The molecule has 26 heavy (non-hydrogen) atoms. The van der Waals surface area contributed by atoms with Gasteiger partial charge >= 0.3 is 0 Å². The van der Waals surface area contributed by atoms with E-state index < -0.39 is 6.04 Å². The van der Waals surface area contributed by atoms with Crippen LogP contribution >= 0.6 is 6.04 Å². The molecule has 3 rings (SSSR count). The predicted octanol–water partition coefficient (Wildman–Crippen LogP) is 6.25. The fourth-order valence-electron chi connectivity index (χ4n) is 3.88. The van der Waals surface area contributed by atoms with Gasteiger partial charge in [-0.15, -0.1) is 0 Å². The lowest BCUT2D eigenvalue weighted by molar-refractivity contribution is 0.870. The molecule has 0 nitrogen and oxygen atoms in total. The van der Waals surface area contributed by atoms with Crippen molar-refractivity contribution in [2.75, 3.05) is 0 Å². The van der Waals surface area contributed by atoms with Crippen LogP contribution in [0.4, 0.5) is 0 Å². The molecule has 0 unspecified atom stereocenters. The summed E-state index contributed by atoms with van der Waals surface area (Å²) in [7, 11) is 0. The highest BCUT2D eigenvalue weighted by atomic mass is 32.4. The highest BCUT2D eigenvalue weighted by Crippen LogP contribution is 2.54. The van der Waals surface area contributed by atoms with Gasteiger partial charge in [-0.3, -0.25) is 0 Å². The highest BCUT2D eigenvalue weighted by molar-refractivity contribution is 8.22. The summed E-state index contributed by atoms with van der Waals surface area (Å²) >= 11 is 6.69. The fraction of sp³-hybridized carbons (Fsp3) is 0.333. The largest absolute Gasteiger partial charge is 0.0870 e. The summed E-state index contributed by atoms with van der Waals surface area (Å²) in [5.41, 5.74) is 3.22. The summed E-state index contributed by atoms with van der Waals surface area (Å²) in [4.78, 5) is 0. The Bertz CT molecular complexity index is 818. The SMILES string of the molecule is CC(C)c1ccccc1P(=S)(c1ccccc1C(C)C)[C@H]1C=CC=CC1. The van der Waals surface area contributed by atoms with Crippen LogP contribution < -0.4 is 10.6 Å². The van der Waals surface area contributed by atoms with Crippen LogP contribution in [0.15, 0.2) is 72.8 Å². The molecule has 0 amide bonds. The molecule has 2 aromatic rings. The summed E-state index contributed by atoms with van der Waals surface area (Å²) in [5.74, 6) is 0.950. The second-order valence-corrected chi connectivity index (χ2v) is 12.4. The van der Waals surface area contributed by atoms with E-state index in [1.807, 2.05) is 0 Å². The third kappa shape index (κ3) is 3.53. The molecule has 136 valence electrons. The van der Waals surface area contributed by atoms with Crippen molar-refractivity contribution in [2.24, 2.45) is 0 Å². The molecule has 0 bridgehead atoms. The van der Waals surface area contributed by atoms with Crippen molar-refractivity contribution in [2.45, 2.75) is 51.6 Å². The van der Waals surface area contributed by atoms with Gasteiger partial charge in [0.25, 0.3) is 0 Å². The summed E-state index contributed by atoms with van der Waals surface area (Å²) in [6.07, 6.45) is 10.0. The fourth-order valence-corrected chi connectivity index (χ4v) is 9.13. The molecule has 1 atom stereocenters. The van der Waals surface area contributed by atoms with E-state index in [1.165, 1.54) is 21.7 Å². The van der Waals surface area contributed by atoms with Crippen molar-refractivity contribution in [3.63, 3.8) is 0 Å². The first-order chi connectivity index (χ1) is 12.5. The van der Waals surface area contributed by atoms with Crippen molar-refractivity contribution in [1.82, 2.24) is 0 Å². The quantitative estimate of drug-likeness (QED) is 0.553. The Hall–Kier alpha value is -1.43. The molecule has 2 heteroatoms. The molecule has 0 spiro atoms. The average molecular weight is 381 g/mol. The van der Waals surface area contributed by atoms with Gasteiger partial charge in [0.05, 0.1) is 0 Å². The Kier molecular flexibility index (Phi) is 6.00. The van der Waals surface area contributed by atoms with E-state index in [4.69, 9.17) is 11.8 Å². The lowest BCUT2D eigenvalue weighted by atomic mass is 10.0. The monoisotopic (exact) mass is 380 g/mol. The van der Waals surface area contributed by atoms with E-state index in [0.717, 1.165) is 6.42 Å². The van der Waals surface area contributed by atoms with E-state index in [1.54, 1.807) is 0 Å². The molecular formula is C24H29PS.